The van der Waals surface area contributed by atoms with E-state index in [0.29, 0.717) is 5.91 Å². The molecule has 1 aliphatic heterocycles. The van der Waals surface area contributed by atoms with Crippen LogP contribution in [-0.2, 0) is 17.6 Å². The molecule has 1 spiro atoms. The number of amides is 1. The Morgan fingerprint density at radius 2 is 1.77 bits per heavy atom. The first kappa shape index (κ1) is 15.5. The minimum Gasteiger partial charge on any atom is -0.393 e. The molecule has 3 nitrogen and oxygen atoms in total. The van der Waals surface area contributed by atoms with Crippen molar-refractivity contribution in [1.29, 1.82) is 0 Å². The molecule has 1 N–H and O–H groups in total. The lowest BCUT2D eigenvalue weighted by Gasteiger charge is -2.33. The number of benzene rings is 1. The average Bonchev–Trinajstić information content (AvgIpc) is 2.85. The third-order valence-corrected chi connectivity index (χ3v) is 5.62. The van der Waals surface area contributed by atoms with Crippen molar-refractivity contribution in [2.45, 2.75) is 58.0 Å². The van der Waals surface area contributed by atoms with Gasteiger partial charge in [0, 0.05) is 13.1 Å². The molecule has 1 heterocycles. The fraction of sp³-hybridized carbons (Fsp3) is 0.632. The summed E-state index contributed by atoms with van der Waals surface area (Å²) in [6.45, 7) is 3.88. The summed E-state index contributed by atoms with van der Waals surface area (Å²) in [6, 6.07) is 8.74. The van der Waals surface area contributed by atoms with Gasteiger partial charge in [-0.25, -0.2) is 0 Å². The first-order chi connectivity index (χ1) is 10.6. The molecule has 1 aromatic carbocycles. The monoisotopic (exact) mass is 301 g/mol. The summed E-state index contributed by atoms with van der Waals surface area (Å²) in [4.78, 5) is 14.8. The van der Waals surface area contributed by atoms with Crippen LogP contribution in [0.25, 0.3) is 0 Å². The first-order valence-corrected chi connectivity index (χ1v) is 8.68. The van der Waals surface area contributed by atoms with E-state index >= 15 is 0 Å². The summed E-state index contributed by atoms with van der Waals surface area (Å²) >= 11 is 0. The van der Waals surface area contributed by atoms with E-state index in [2.05, 4.69) is 31.2 Å². The number of nitrogens with zero attached hydrogens (tertiary/aromatic N) is 1. The molecule has 1 saturated heterocycles. The van der Waals surface area contributed by atoms with Gasteiger partial charge in [0.05, 0.1) is 11.5 Å². The molecule has 1 aliphatic carbocycles. The summed E-state index contributed by atoms with van der Waals surface area (Å²) in [6.07, 6.45) is 6.12. The molecule has 22 heavy (non-hydrogen) atoms. The van der Waals surface area contributed by atoms with Gasteiger partial charge in [-0.05, 0) is 56.1 Å². The Morgan fingerprint density at radius 1 is 1.14 bits per heavy atom. The van der Waals surface area contributed by atoms with E-state index in [4.69, 9.17) is 0 Å². The Bertz CT molecular complexity index is 515. The average molecular weight is 301 g/mol. The van der Waals surface area contributed by atoms with Crippen LogP contribution in [0.15, 0.2) is 24.3 Å². The van der Waals surface area contributed by atoms with Crippen LogP contribution >= 0.6 is 0 Å². The number of aliphatic hydroxyl groups excluding tert-OH is 1. The van der Waals surface area contributed by atoms with E-state index in [1.807, 2.05) is 4.90 Å². The highest BCUT2D eigenvalue weighted by Gasteiger charge is 2.47. The van der Waals surface area contributed by atoms with Crippen molar-refractivity contribution in [3.05, 3.63) is 35.4 Å². The van der Waals surface area contributed by atoms with Gasteiger partial charge in [0.25, 0.3) is 0 Å². The number of carbonyl (C=O) groups excluding carboxylic acids is 1. The van der Waals surface area contributed by atoms with Gasteiger partial charge in [-0.15, -0.1) is 0 Å². The third-order valence-electron chi connectivity index (χ3n) is 5.62. The molecule has 0 aromatic heterocycles. The van der Waals surface area contributed by atoms with E-state index < -0.39 is 0 Å². The van der Waals surface area contributed by atoms with Gasteiger partial charge < -0.3 is 10.0 Å². The van der Waals surface area contributed by atoms with E-state index in [1.165, 1.54) is 11.1 Å². The maximum absolute atomic E-state index is 12.8. The Kier molecular flexibility index (Phi) is 4.53. The number of hydrogen-bond acceptors (Lipinski definition) is 2. The van der Waals surface area contributed by atoms with Crippen LogP contribution in [0.1, 0.15) is 50.2 Å². The predicted octanol–water partition coefficient (Wildman–Crippen LogP) is 2.95. The molecule has 1 aromatic rings. The highest BCUT2D eigenvalue weighted by atomic mass is 16.3. The smallest absolute Gasteiger partial charge is 0.228 e. The summed E-state index contributed by atoms with van der Waals surface area (Å²) in [5, 5.41) is 9.67. The van der Waals surface area contributed by atoms with Crippen LogP contribution in [0.5, 0.6) is 0 Å². The van der Waals surface area contributed by atoms with Crippen LogP contribution in [0, 0.1) is 5.41 Å². The number of carbonyl (C=O) groups is 1. The molecule has 1 saturated carbocycles. The second kappa shape index (κ2) is 6.41. The number of rotatable bonds is 4. The van der Waals surface area contributed by atoms with Crippen molar-refractivity contribution < 1.29 is 9.90 Å². The quantitative estimate of drug-likeness (QED) is 0.929. The van der Waals surface area contributed by atoms with Crippen molar-refractivity contribution in [3.63, 3.8) is 0 Å². The van der Waals surface area contributed by atoms with Crippen LogP contribution in [0.2, 0.25) is 0 Å². The summed E-state index contributed by atoms with van der Waals surface area (Å²) in [5.41, 5.74) is 2.52. The summed E-state index contributed by atoms with van der Waals surface area (Å²) < 4.78 is 0. The fourth-order valence-corrected chi connectivity index (χ4v) is 3.93. The summed E-state index contributed by atoms with van der Waals surface area (Å²) in [5.74, 6) is 0.338. The van der Waals surface area contributed by atoms with Crippen LogP contribution in [-0.4, -0.2) is 35.1 Å². The van der Waals surface area contributed by atoms with Crippen LogP contribution in [0.3, 0.4) is 0 Å². The minimum absolute atomic E-state index is 0.148. The number of aliphatic hydroxyl groups is 1. The predicted molar refractivity (Wildman–Crippen MR) is 87.6 cm³/mol. The normalized spacial score (nSPS) is 28.5. The SMILES string of the molecule is CCc1ccc(CCN2CCC3(CCC(O)CC3)C2=O)cc1. The number of hydrogen-bond donors (Lipinski definition) is 1. The van der Waals surface area contributed by atoms with Crippen molar-refractivity contribution >= 4 is 5.91 Å². The Balaban J connectivity index is 1.56. The first-order valence-electron chi connectivity index (χ1n) is 8.68. The fourth-order valence-electron chi connectivity index (χ4n) is 3.93. The number of likely N-dealkylation sites (tertiary alicyclic amines) is 1. The molecular weight excluding hydrogens is 274 g/mol. The van der Waals surface area contributed by atoms with E-state index in [1.54, 1.807) is 0 Å². The molecule has 3 rings (SSSR count). The zero-order chi connectivity index (χ0) is 15.6. The molecule has 2 fully saturated rings. The Labute approximate surface area is 133 Å². The topological polar surface area (TPSA) is 40.5 Å². The molecule has 3 heteroatoms. The third kappa shape index (κ3) is 3.05. The Hall–Kier alpha value is -1.35. The van der Waals surface area contributed by atoms with Gasteiger partial charge in [-0.1, -0.05) is 31.2 Å². The second-order valence-electron chi connectivity index (χ2n) is 6.97. The van der Waals surface area contributed by atoms with Crippen molar-refractivity contribution in [3.8, 4) is 0 Å². The lowest BCUT2D eigenvalue weighted by Crippen LogP contribution is -2.39. The van der Waals surface area contributed by atoms with Crippen LogP contribution in [0.4, 0.5) is 0 Å². The second-order valence-corrected chi connectivity index (χ2v) is 6.97. The van der Waals surface area contributed by atoms with Gasteiger partial charge in [0.15, 0.2) is 0 Å². The largest absolute Gasteiger partial charge is 0.393 e. The van der Waals surface area contributed by atoms with E-state index in [0.717, 1.165) is 58.0 Å². The molecular formula is C19H27NO2. The molecule has 2 aliphatic rings. The van der Waals surface area contributed by atoms with E-state index in [-0.39, 0.29) is 11.5 Å². The highest BCUT2D eigenvalue weighted by Crippen LogP contribution is 2.44. The molecule has 0 radical (unpaired) electrons. The van der Waals surface area contributed by atoms with Gasteiger partial charge in [0.1, 0.15) is 0 Å². The standard InChI is InChI=1S/C19H27NO2/c1-2-15-3-5-16(6-4-15)9-13-20-14-12-19(18(20)22)10-7-17(21)8-11-19/h3-6,17,21H,2,7-14H2,1H3. The van der Waals surface area contributed by atoms with Crippen molar-refractivity contribution in [1.82, 2.24) is 4.90 Å². The maximum Gasteiger partial charge on any atom is 0.228 e. The van der Waals surface area contributed by atoms with Gasteiger partial charge in [-0.2, -0.15) is 0 Å². The highest BCUT2D eigenvalue weighted by molar-refractivity contribution is 5.85. The zero-order valence-electron chi connectivity index (χ0n) is 13.6. The molecule has 0 bridgehead atoms. The maximum atomic E-state index is 12.8. The van der Waals surface area contributed by atoms with Gasteiger partial charge in [-0.3, -0.25) is 4.79 Å². The van der Waals surface area contributed by atoms with Gasteiger partial charge >= 0.3 is 0 Å². The molecule has 120 valence electrons. The van der Waals surface area contributed by atoms with Crippen molar-refractivity contribution in [2.24, 2.45) is 5.41 Å². The van der Waals surface area contributed by atoms with Crippen LogP contribution < -0.4 is 0 Å². The van der Waals surface area contributed by atoms with Crippen molar-refractivity contribution in [2.75, 3.05) is 13.1 Å². The zero-order valence-corrected chi connectivity index (χ0v) is 13.6. The lowest BCUT2D eigenvalue weighted by atomic mass is 9.72. The summed E-state index contributed by atoms with van der Waals surface area (Å²) in [7, 11) is 0. The number of aryl methyl sites for hydroxylation is 1. The molecule has 1 amide bonds. The minimum atomic E-state index is -0.190. The van der Waals surface area contributed by atoms with Gasteiger partial charge in [0.2, 0.25) is 5.91 Å². The molecule has 0 unspecified atom stereocenters. The lowest BCUT2D eigenvalue weighted by molar-refractivity contribution is -0.138. The Morgan fingerprint density at radius 3 is 2.41 bits per heavy atom. The van der Waals surface area contributed by atoms with E-state index in [9.17, 15) is 9.90 Å². The molecule has 0 atom stereocenters.